The molecule has 0 heterocycles. The average Bonchev–Trinajstić information content (AvgIpc) is 2.68. The summed E-state index contributed by atoms with van der Waals surface area (Å²) in [5, 5.41) is 12.2. The van der Waals surface area contributed by atoms with Crippen molar-refractivity contribution in [2.45, 2.75) is 34.9 Å². The normalized spacial score (nSPS) is 12.4. The highest BCUT2D eigenvalue weighted by Crippen LogP contribution is 2.28. The number of amides is 1. The maximum absolute atomic E-state index is 12.4. The molecule has 0 saturated carbocycles. The molecule has 2 aromatic rings. The molecule has 0 fully saturated rings. The van der Waals surface area contributed by atoms with E-state index in [-0.39, 0.29) is 12.3 Å². The van der Waals surface area contributed by atoms with Crippen LogP contribution in [0.25, 0.3) is 0 Å². The van der Waals surface area contributed by atoms with Crippen LogP contribution in [0.5, 0.6) is 0 Å². The fourth-order valence-electron chi connectivity index (χ4n) is 2.48. The van der Waals surface area contributed by atoms with E-state index in [0.29, 0.717) is 46.2 Å². The van der Waals surface area contributed by atoms with Crippen molar-refractivity contribution in [3.8, 4) is 0 Å². The SMILES string of the molecule is O=C(Nc1ccc(S(=O)CCCCCC(Cl)(Cl)C(=O)O)cc1)c1ccc(Cl)cc1. The van der Waals surface area contributed by atoms with Gasteiger partial charge in [0.15, 0.2) is 0 Å². The lowest BCUT2D eigenvalue weighted by Gasteiger charge is -2.13. The van der Waals surface area contributed by atoms with Crippen LogP contribution in [0.4, 0.5) is 5.69 Å². The third-order valence-electron chi connectivity index (χ3n) is 4.11. The summed E-state index contributed by atoms with van der Waals surface area (Å²) in [6.45, 7) is 0. The van der Waals surface area contributed by atoms with Crippen molar-refractivity contribution in [2.24, 2.45) is 0 Å². The highest BCUT2D eigenvalue weighted by Gasteiger charge is 2.32. The zero-order valence-electron chi connectivity index (χ0n) is 15.4. The third kappa shape index (κ3) is 7.63. The Morgan fingerprint density at radius 1 is 0.966 bits per heavy atom. The maximum Gasteiger partial charge on any atom is 0.340 e. The van der Waals surface area contributed by atoms with Crippen molar-refractivity contribution in [3.63, 3.8) is 0 Å². The summed E-state index contributed by atoms with van der Waals surface area (Å²) in [6, 6.07) is 13.4. The van der Waals surface area contributed by atoms with Gasteiger partial charge in [0.2, 0.25) is 4.33 Å². The van der Waals surface area contributed by atoms with E-state index in [4.69, 9.17) is 39.9 Å². The second-order valence-electron chi connectivity index (χ2n) is 6.36. The molecule has 1 unspecified atom stereocenters. The second-order valence-corrected chi connectivity index (χ2v) is 9.85. The predicted octanol–water partition coefficient (Wildman–Crippen LogP) is 5.52. The molecule has 0 saturated heterocycles. The molecule has 0 spiro atoms. The Bertz CT molecular complexity index is 870. The Hall–Kier alpha value is -1.60. The van der Waals surface area contributed by atoms with E-state index >= 15 is 0 Å². The lowest BCUT2D eigenvalue weighted by molar-refractivity contribution is -0.138. The first-order chi connectivity index (χ1) is 13.7. The fraction of sp³-hybridized carbons (Fsp3) is 0.300. The van der Waals surface area contributed by atoms with Crippen LogP contribution in [-0.4, -0.2) is 31.3 Å². The molecule has 1 atom stereocenters. The van der Waals surface area contributed by atoms with E-state index in [1.807, 2.05) is 0 Å². The van der Waals surface area contributed by atoms with Crippen LogP contribution in [0.2, 0.25) is 5.02 Å². The molecule has 5 nitrogen and oxygen atoms in total. The number of carbonyl (C=O) groups is 2. The number of hydrogen-bond acceptors (Lipinski definition) is 3. The molecule has 2 rings (SSSR count). The largest absolute Gasteiger partial charge is 0.479 e. The second kappa shape index (κ2) is 11.0. The molecule has 156 valence electrons. The van der Waals surface area contributed by atoms with Crippen LogP contribution in [0.3, 0.4) is 0 Å². The van der Waals surface area contributed by atoms with Gasteiger partial charge in [-0.25, -0.2) is 4.79 Å². The Morgan fingerprint density at radius 3 is 2.17 bits per heavy atom. The molecule has 9 heteroatoms. The van der Waals surface area contributed by atoms with Crippen molar-refractivity contribution in [3.05, 3.63) is 59.1 Å². The zero-order valence-corrected chi connectivity index (χ0v) is 18.5. The molecule has 0 aliphatic heterocycles. The van der Waals surface area contributed by atoms with Crippen LogP contribution >= 0.6 is 34.8 Å². The van der Waals surface area contributed by atoms with Gasteiger partial charge >= 0.3 is 5.97 Å². The van der Waals surface area contributed by atoms with Crippen molar-refractivity contribution < 1.29 is 18.9 Å². The quantitative estimate of drug-likeness (QED) is 0.349. The first kappa shape index (κ1) is 23.7. The summed E-state index contributed by atoms with van der Waals surface area (Å²) < 4.78 is 10.6. The van der Waals surface area contributed by atoms with Crippen LogP contribution in [0.15, 0.2) is 53.4 Å². The minimum Gasteiger partial charge on any atom is -0.479 e. The van der Waals surface area contributed by atoms with Gasteiger partial charge in [-0.3, -0.25) is 9.00 Å². The standard InChI is InChI=1S/C20H20Cl3NO4S/c21-15-6-4-14(5-7-15)18(25)24-16-8-10-17(11-9-16)29(28)13-3-1-2-12-20(22,23)19(26)27/h4-11H,1-3,12-13H2,(H,24,25)(H,26,27). The number of hydrogen-bond donors (Lipinski definition) is 2. The highest BCUT2D eigenvalue weighted by molar-refractivity contribution is 7.85. The van der Waals surface area contributed by atoms with Gasteiger partial charge in [0.05, 0.1) is 10.8 Å². The van der Waals surface area contributed by atoms with Gasteiger partial charge in [-0.05, 0) is 67.8 Å². The predicted molar refractivity (Wildman–Crippen MR) is 118 cm³/mol. The summed E-state index contributed by atoms with van der Waals surface area (Å²) in [6.07, 6.45) is 2.01. The number of rotatable bonds is 10. The maximum atomic E-state index is 12.4. The zero-order chi connectivity index (χ0) is 21.4. The number of anilines is 1. The molecular formula is C20H20Cl3NO4S. The first-order valence-electron chi connectivity index (χ1n) is 8.85. The van der Waals surface area contributed by atoms with Gasteiger partial charge in [0.1, 0.15) is 0 Å². The Labute approximate surface area is 186 Å². The monoisotopic (exact) mass is 475 g/mol. The molecule has 0 aromatic heterocycles. The molecule has 1 amide bonds. The van der Waals surface area contributed by atoms with E-state index < -0.39 is 21.1 Å². The molecule has 2 N–H and O–H groups in total. The smallest absolute Gasteiger partial charge is 0.340 e. The van der Waals surface area contributed by atoms with Crippen LogP contribution in [0, 0.1) is 0 Å². The van der Waals surface area contributed by atoms with E-state index in [1.165, 1.54) is 0 Å². The molecule has 0 bridgehead atoms. The van der Waals surface area contributed by atoms with Gasteiger partial charge < -0.3 is 10.4 Å². The molecular weight excluding hydrogens is 457 g/mol. The lowest BCUT2D eigenvalue weighted by atomic mass is 10.1. The summed E-state index contributed by atoms with van der Waals surface area (Å²) >= 11 is 17.2. The van der Waals surface area contributed by atoms with E-state index in [0.717, 1.165) is 0 Å². The Morgan fingerprint density at radius 2 is 1.59 bits per heavy atom. The van der Waals surface area contributed by atoms with Gasteiger partial charge in [0, 0.05) is 26.9 Å². The van der Waals surface area contributed by atoms with Gasteiger partial charge in [0.25, 0.3) is 5.91 Å². The Balaban J connectivity index is 1.79. The fourth-order valence-corrected chi connectivity index (χ4v) is 4.01. The van der Waals surface area contributed by atoms with Crippen molar-refractivity contribution in [1.82, 2.24) is 0 Å². The number of carbonyl (C=O) groups excluding carboxylic acids is 1. The average molecular weight is 477 g/mol. The number of nitrogens with one attached hydrogen (secondary N) is 1. The summed E-state index contributed by atoms with van der Waals surface area (Å²) in [5.41, 5.74) is 1.09. The van der Waals surface area contributed by atoms with E-state index in [1.54, 1.807) is 48.5 Å². The van der Waals surface area contributed by atoms with Crippen LogP contribution in [0.1, 0.15) is 36.0 Å². The Kier molecular flexibility index (Phi) is 8.96. The number of halogens is 3. The molecule has 0 radical (unpaired) electrons. The number of carboxylic acid groups (broad SMARTS) is 1. The molecule has 2 aromatic carbocycles. The van der Waals surface area contributed by atoms with Crippen LogP contribution in [-0.2, 0) is 15.6 Å². The summed E-state index contributed by atoms with van der Waals surface area (Å²) in [7, 11) is -1.19. The third-order valence-corrected chi connectivity index (χ3v) is 6.53. The molecule has 0 aliphatic carbocycles. The number of benzene rings is 2. The summed E-state index contributed by atoms with van der Waals surface area (Å²) in [4.78, 5) is 23.7. The number of aliphatic carboxylic acids is 1. The van der Waals surface area contributed by atoms with E-state index in [2.05, 4.69) is 5.32 Å². The first-order valence-corrected chi connectivity index (χ1v) is 11.3. The minimum absolute atomic E-state index is 0.139. The van der Waals surface area contributed by atoms with E-state index in [9.17, 15) is 13.8 Å². The highest BCUT2D eigenvalue weighted by atomic mass is 35.5. The number of unbranched alkanes of at least 4 members (excludes halogenated alkanes) is 2. The summed E-state index contributed by atoms with van der Waals surface area (Å²) in [5.74, 6) is -1.07. The van der Waals surface area contributed by atoms with Crippen molar-refractivity contribution in [1.29, 1.82) is 0 Å². The molecule has 0 aliphatic rings. The van der Waals surface area contributed by atoms with Gasteiger partial charge in [-0.15, -0.1) is 0 Å². The molecule has 29 heavy (non-hydrogen) atoms. The number of alkyl halides is 2. The van der Waals surface area contributed by atoms with Crippen molar-refractivity contribution in [2.75, 3.05) is 11.1 Å². The van der Waals surface area contributed by atoms with Gasteiger partial charge in [-0.1, -0.05) is 41.2 Å². The number of carboxylic acids is 1. The van der Waals surface area contributed by atoms with Crippen LogP contribution < -0.4 is 5.32 Å². The lowest BCUT2D eigenvalue weighted by Crippen LogP contribution is -2.25. The van der Waals surface area contributed by atoms with Crippen molar-refractivity contribution >= 4 is 63.2 Å². The topological polar surface area (TPSA) is 83.5 Å². The minimum atomic E-state index is -1.77. The van der Waals surface area contributed by atoms with Gasteiger partial charge in [-0.2, -0.15) is 0 Å².